The Balaban J connectivity index is 2.47. The molecule has 1 aliphatic rings. The van der Waals surface area contributed by atoms with Gasteiger partial charge in [-0.1, -0.05) is 26.0 Å². The van der Waals surface area contributed by atoms with Crippen molar-refractivity contribution in [3.63, 3.8) is 0 Å². The van der Waals surface area contributed by atoms with E-state index >= 15 is 0 Å². The quantitative estimate of drug-likeness (QED) is 0.439. The second kappa shape index (κ2) is 1.36. The summed E-state index contributed by atoms with van der Waals surface area (Å²) in [7, 11) is 0. The monoisotopic (exact) mass is 96.1 g/mol. The van der Waals surface area contributed by atoms with Crippen molar-refractivity contribution in [1.82, 2.24) is 0 Å². The first kappa shape index (κ1) is 4.89. The summed E-state index contributed by atoms with van der Waals surface area (Å²) >= 11 is 0. The van der Waals surface area contributed by atoms with Crippen LogP contribution in [0.25, 0.3) is 0 Å². The van der Waals surface area contributed by atoms with Crippen molar-refractivity contribution < 1.29 is 0 Å². The van der Waals surface area contributed by atoms with Crippen molar-refractivity contribution in [3.05, 3.63) is 12.2 Å². The van der Waals surface area contributed by atoms with Crippen LogP contribution >= 0.6 is 0 Å². The maximum absolute atomic E-state index is 2.30. The van der Waals surface area contributed by atoms with Crippen molar-refractivity contribution in [2.45, 2.75) is 26.7 Å². The Hall–Kier alpha value is -0.260. The zero-order valence-electron chi connectivity index (χ0n) is 5.07. The largest absolute Gasteiger partial charge is 0.0871 e. The zero-order valence-corrected chi connectivity index (χ0v) is 5.07. The van der Waals surface area contributed by atoms with Gasteiger partial charge in [-0.05, 0) is 18.3 Å². The molecule has 0 heterocycles. The van der Waals surface area contributed by atoms with Crippen molar-refractivity contribution in [3.8, 4) is 0 Å². The molecule has 0 nitrogen and oxygen atoms in total. The van der Waals surface area contributed by atoms with Crippen molar-refractivity contribution in [2.24, 2.45) is 5.41 Å². The second-order valence-electron chi connectivity index (χ2n) is 2.61. The minimum Gasteiger partial charge on any atom is -0.0871 e. The summed E-state index contributed by atoms with van der Waals surface area (Å²) in [4.78, 5) is 0. The van der Waals surface area contributed by atoms with E-state index in [1.807, 2.05) is 0 Å². The third-order valence-corrected chi connectivity index (χ3v) is 1.91. The normalized spacial score (nSPS) is 38.0. The average Bonchev–Trinajstić information content (AvgIpc) is 1.61. The van der Waals surface area contributed by atoms with Crippen molar-refractivity contribution >= 4 is 0 Å². The van der Waals surface area contributed by atoms with E-state index in [9.17, 15) is 0 Å². The van der Waals surface area contributed by atoms with E-state index in [-0.39, 0.29) is 0 Å². The van der Waals surface area contributed by atoms with Gasteiger partial charge in [-0.15, -0.1) is 0 Å². The first-order valence-corrected chi connectivity index (χ1v) is 2.94. The maximum atomic E-state index is 2.30. The number of hydrogen-bond donors (Lipinski definition) is 0. The minimum atomic E-state index is 0.583. The number of allylic oxidation sites excluding steroid dienone is 2. The summed E-state index contributed by atoms with van der Waals surface area (Å²) in [6.07, 6.45) is 7.13. The molecule has 0 spiro atoms. The minimum absolute atomic E-state index is 0.583. The van der Waals surface area contributed by atoms with Gasteiger partial charge in [0.15, 0.2) is 0 Å². The lowest BCUT2D eigenvalue weighted by atomic mass is 9.76. The summed E-state index contributed by atoms with van der Waals surface area (Å²) in [6.45, 7) is 4.54. The molecule has 0 fully saturated rings. The fourth-order valence-corrected chi connectivity index (χ4v) is 0.782. The smallest absolute Gasteiger partial charge is 0.0115 e. The molecule has 0 heteroatoms. The molecule has 0 saturated carbocycles. The molecule has 0 aromatic carbocycles. The topological polar surface area (TPSA) is 0 Å². The lowest BCUT2D eigenvalue weighted by Crippen LogP contribution is -2.16. The van der Waals surface area contributed by atoms with Crippen LogP contribution in [0.5, 0.6) is 0 Å². The van der Waals surface area contributed by atoms with Crippen LogP contribution in [-0.2, 0) is 0 Å². The zero-order chi connectivity index (χ0) is 5.33. The molecule has 7 heavy (non-hydrogen) atoms. The Labute approximate surface area is 45.2 Å². The second-order valence-corrected chi connectivity index (χ2v) is 2.61. The Kier molecular flexibility index (Phi) is 0.949. The first-order chi connectivity index (χ1) is 3.27. The van der Waals surface area contributed by atoms with E-state index in [2.05, 4.69) is 26.0 Å². The molecule has 0 amide bonds. The summed E-state index contributed by atoms with van der Waals surface area (Å²) in [5.41, 5.74) is 0.583. The SMILES string of the molecule is CCC1(C)C=CC1. The molecule has 40 valence electrons. The first-order valence-electron chi connectivity index (χ1n) is 2.94. The molecule has 0 aromatic rings. The van der Waals surface area contributed by atoms with Gasteiger partial charge in [0.25, 0.3) is 0 Å². The third kappa shape index (κ3) is 0.696. The van der Waals surface area contributed by atoms with E-state index in [1.54, 1.807) is 0 Å². The van der Waals surface area contributed by atoms with E-state index in [4.69, 9.17) is 0 Å². The molecular formula is C7H12. The fourth-order valence-electron chi connectivity index (χ4n) is 0.782. The lowest BCUT2D eigenvalue weighted by Gasteiger charge is -2.29. The predicted octanol–water partition coefficient (Wildman–Crippen LogP) is 2.36. The molecule has 1 rings (SSSR count). The Morgan fingerprint density at radius 2 is 2.29 bits per heavy atom. The molecule has 0 bridgehead atoms. The van der Waals surface area contributed by atoms with Crippen LogP contribution in [0.3, 0.4) is 0 Å². The number of rotatable bonds is 1. The van der Waals surface area contributed by atoms with E-state index in [0.717, 1.165) is 0 Å². The van der Waals surface area contributed by atoms with Gasteiger partial charge in [0.2, 0.25) is 0 Å². The third-order valence-electron chi connectivity index (χ3n) is 1.91. The highest BCUT2D eigenvalue weighted by atomic mass is 14.3. The van der Waals surface area contributed by atoms with Gasteiger partial charge >= 0.3 is 0 Å². The van der Waals surface area contributed by atoms with Gasteiger partial charge in [-0.2, -0.15) is 0 Å². The predicted molar refractivity (Wildman–Crippen MR) is 32.2 cm³/mol. The molecule has 1 atom stereocenters. The standard InChI is InChI=1S/C7H12/c1-3-7(2)5-4-6-7/h4-5H,3,6H2,1-2H3. The highest BCUT2D eigenvalue weighted by Crippen LogP contribution is 2.35. The number of hydrogen-bond acceptors (Lipinski definition) is 0. The van der Waals surface area contributed by atoms with Crippen LogP contribution in [-0.4, -0.2) is 0 Å². The Morgan fingerprint density at radius 1 is 1.71 bits per heavy atom. The Morgan fingerprint density at radius 3 is 2.29 bits per heavy atom. The molecule has 1 aliphatic carbocycles. The van der Waals surface area contributed by atoms with Crippen molar-refractivity contribution in [1.29, 1.82) is 0 Å². The maximum Gasteiger partial charge on any atom is -0.0115 e. The van der Waals surface area contributed by atoms with E-state index < -0.39 is 0 Å². The van der Waals surface area contributed by atoms with Crippen LogP contribution in [0, 0.1) is 5.41 Å². The van der Waals surface area contributed by atoms with Crippen LogP contribution in [0.2, 0.25) is 0 Å². The fraction of sp³-hybridized carbons (Fsp3) is 0.714. The summed E-state index contributed by atoms with van der Waals surface area (Å²) in [5.74, 6) is 0. The van der Waals surface area contributed by atoms with Gasteiger partial charge in [0, 0.05) is 0 Å². The van der Waals surface area contributed by atoms with Gasteiger partial charge in [-0.3, -0.25) is 0 Å². The molecule has 0 aromatic heterocycles. The van der Waals surface area contributed by atoms with Gasteiger partial charge in [-0.25, -0.2) is 0 Å². The van der Waals surface area contributed by atoms with Crippen LogP contribution in [0.15, 0.2) is 12.2 Å². The Bertz CT molecular complexity index is 92.2. The van der Waals surface area contributed by atoms with Gasteiger partial charge in [0.05, 0.1) is 0 Å². The van der Waals surface area contributed by atoms with E-state index in [0.29, 0.717) is 5.41 Å². The molecule has 0 radical (unpaired) electrons. The average molecular weight is 96.2 g/mol. The summed E-state index contributed by atoms with van der Waals surface area (Å²) in [5, 5.41) is 0. The van der Waals surface area contributed by atoms with Crippen molar-refractivity contribution in [2.75, 3.05) is 0 Å². The van der Waals surface area contributed by atoms with Gasteiger partial charge < -0.3 is 0 Å². The van der Waals surface area contributed by atoms with Crippen LogP contribution in [0.4, 0.5) is 0 Å². The lowest BCUT2D eigenvalue weighted by molar-refractivity contribution is 0.378. The highest BCUT2D eigenvalue weighted by Gasteiger charge is 2.21. The van der Waals surface area contributed by atoms with Gasteiger partial charge in [0.1, 0.15) is 0 Å². The van der Waals surface area contributed by atoms with E-state index in [1.165, 1.54) is 12.8 Å². The van der Waals surface area contributed by atoms with Crippen LogP contribution in [0.1, 0.15) is 26.7 Å². The molecule has 1 unspecified atom stereocenters. The molecule has 0 N–H and O–H groups in total. The molecule has 0 saturated heterocycles. The molecule has 0 aliphatic heterocycles. The molecular weight excluding hydrogens is 84.1 g/mol. The van der Waals surface area contributed by atoms with Crippen LogP contribution < -0.4 is 0 Å². The summed E-state index contributed by atoms with van der Waals surface area (Å²) < 4.78 is 0. The highest BCUT2D eigenvalue weighted by molar-refractivity contribution is 5.09. The summed E-state index contributed by atoms with van der Waals surface area (Å²) in [6, 6.07) is 0.